The van der Waals surface area contributed by atoms with Gasteiger partial charge in [0.2, 0.25) is 0 Å². The van der Waals surface area contributed by atoms with Crippen molar-refractivity contribution in [1.29, 1.82) is 5.26 Å². The van der Waals surface area contributed by atoms with Crippen LogP contribution in [0.1, 0.15) is 34.6 Å². The Morgan fingerprint density at radius 2 is 1.28 bits per heavy atom. The maximum absolute atomic E-state index is 9.80. The monoisotopic (exact) mass is 734 g/mol. The summed E-state index contributed by atoms with van der Waals surface area (Å²) in [5, 5.41) is 11.9. The van der Waals surface area contributed by atoms with Gasteiger partial charge in [-0.25, -0.2) is 4.99 Å². The van der Waals surface area contributed by atoms with Gasteiger partial charge in [0.15, 0.2) is 5.84 Å². The molecular weight excluding hydrogens is 697 g/mol. The fourth-order valence-electron chi connectivity index (χ4n) is 7.66. The van der Waals surface area contributed by atoms with Crippen molar-refractivity contribution >= 4 is 33.6 Å². The van der Waals surface area contributed by atoms with E-state index >= 15 is 0 Å². The van der Waals surface area contributed by atoms with Gasteiger partial charge in [0.05, 0.1) is 12.6 Å². The number of hydrogen-bond acceptors (Lipinski definition) is 3. The van der Waals surface area contributed by atoms with Crippen LogP contribution in [-0.2, 0) is 6.54 Å². The van der Waals surface area contributed by atoms with Crippen LogP contribution in [0.4, 0.5) is 0 Å². The van der Waals surface area contributed by atoms with E-state index in [-0.39, 0.29) is 5.92 Å². The molecule has 0 fully saturated rings. The van der Waals surface area contributed by atoms with Crippen LogP contribution in [0.5, 0.6) is 0 Å². The summed E-state index contributed by atoms with van der Waals surface area (Å²) in [7, 11) is 0. The van der Waals surface area contributed by atoms with E-state index in [9.17, 15) is 5.26 Å². The average molecular weight is 735 g/mol. The Bertz CT molecular complexity index is 2880. The normalized spacial score (nSPS) is 14.4. The number of amidine groups is 2. The number of allylic oxidation sites excluding steroid dienone is 4. The van der Waals surface area contributed by atoms with Crippen molar-refractivity contribution in [3.8, 4) is 39.4 Å². The molecule has 9 rings (SSSR count). The molecule has 1 aromatic heterocycles. The fourth-order valence-corrected chi connectivity index (χ4v) is 7.66. The van der Waals surface area contributed by atoms with Crippen LogP contribution in [-0.4, -0.2) is 11.7 Å². The van der Waals surface area contributed by atoms with Gasteiger partial charge in [0, 0.05) is 44.5 Å². The van der Waals surface area contributed by atoms with Crippen LogP contribution in [0, 0.1) is 11.3 Å². The summed E-state index contributed by atoms with van der Waals surface area (Å²) in [6, 6.07) is 60.5. The predicted octanol–water partition coefficient (Wildman–Crippen LogP) is 12.4. The summed E-state index contributed by atoms with van der Waals surface area (Å²) in [6.45, 7) is 0.433. The van der Waals surface area contributed by atoms with Crippen molar-refractivity contribution in [3.05, 3.63) is 216 Å². The first-order valence-corrected chi connectivity index (χ1v) is 19.1. The molecule has 0 aliphatic heterocycles. The smallest absolute Gasteiger partial charge is 0.157 e. The Labute approximate surface area is 332 Å². The summed E-state index contributed by atoms with van der Waals surface area (Å²) < 4.78 is 7.06. The Balaban J connectivity index is 1.18. The fraction of sp³-hybridized carbons (Fsp3) is 0.0577. The van der Waals surface area contributed by atoms with Crippen LogP contribution in [0.3, 0.4) is 0 Å². The second-order valence-electron chi connectivity index (χ2n) is 14.2. The number of nitrogens with zero attached hydrogens (tertiary/aromatic N) is 3. The van der Waals surface area contributed by atoms with Crippen molar-refractivity contribution in [2.45, 2.75) is 18.9 Å². The molecule has 0 bridgehead atoms. The molecule has 8 aromatic rings. The Kier molecular flexibility index (Phi) is 9.67. The second kappa shape index (κ2) is 15.7. The van der Waals surface area contributed by atoms with Crippen molar-refractivity contribution in [2.75, 3.05) is 0 Å². The van der Waals surface area contributed by atoms with E-state index in [1.807, 2.05) is 78.9 Å². The van der Waals surface area contributed by atoms with Crippen LogP contribution in [0.25, 0.3) is 55.3 Å². The third-order valence-electron chi connectivity index (χ3n) is 10.5. The van der Waals surface area contributed by atoms with Gasteiger partial charge < -0.3 is 10.2 Å². The molecule has 0 saturated heterocycles. The molecule has 0 spiro atoms. The van der Waals surface area contributed by atoms with Gasteiger partial charge in [0.1, 0.15) is 17.0 Å². The quantitative estimate of drug-likeness (QED) is 0.124. The number of nitrogens with two attached hydrogens (primary N) is 1. The predicted molar refractivity (Wildman–Crippen MR) is 234 cm³/mol. The molecule has 272 valence electrons. The van der Waals surface area contributed by atoms with E-state index in [4.69, 9.17) is 20.1 Å². The summed E-state index contributed by atoms with van der Waals surface area (Å²) in [5.74, 6) is 1.01. The van der Waals surface area contributed by atoms with Gasteiger partial charge in [-0.15, -0.1) is 0 Å². The molecule has 0 saturated carbocycles. The summed E-state index contributed by atoms with van der Waals surface area (Å²) >= 11 is 0. The van der Waals surface area contributed by atoms with Crippen molar-refractivity contribution in [1.82, 2.24) is 0 Å². The van der Waals surface area contributed by atoms with E-state index in [0.29, 0.717) is 23.8 Å². The maximum Gasteiger partial charge on any atom is 0.157 e. The van der Waals surface area contributed by atoms with Gasteiger partial charge in [-0.05, 0) is 58.0 Å². The minimum absolute atomic E-state index is 0.00756. The van der Waals surface area contributed by atoms with Crippen LogP contribution in [0.2, 0.25) is 0 Å². The summed E-state index contributed by atoms with van der Waals surface area (Å²) in [4.78, 5) is 9.75. The number of nitriles is 1. The molecule has 1 heterocycles. The van der Waals surface area contributed by atoms with Gasteiger partial charge in [-0.3, -0.25) is 4.99 Å². The van der Waals surface area contributed by atoms with Crippen LogP contribution < -0.4 is 5.73 Å². The van der Waals surface area contributed by atoms with Gasteiger partial charge >= 0.3 is 0 Å². The Morgan fingerprint density at radius 1 is 0.649 bits per heavy atom. The zero-order chi connectivity index (χ0) is 38.6. The highest BCUT2D eigenvalue weighted by molar-refractivity contribution is 6.17. The highest BCUT2D eigenvalue weighted by Gasteiger charge is 2.24. The summed E-state index contributed by atoms with van der Waals surface area (Å²) in [6.07, 6.45) is 6.84. The lowest BCUT2D eigenvalue weighted by Crippen LogP contribution is -2.16. The van der Waals surface area contributed by atoms with Crippen molar-refractivity contribution in [3.63, 3.8) is 0 Å². The first-order chi connectivity index (χ1) is 28.1. The minimum atomic E-state index is 0.00756. The Morgan fingerprint density at radius 3 is 1.96 bits per heavy atom. The lowest BCUT2D eigenvalue weighted by molar-refractivity contribution is 0.658. The molecule has 0 radical (unpaired) electrons. The molecule has 1 unspecified atom stereocenters. The highest BCUT2D eigenvalue weighted by Crippen LogP contribution is 2.46. The van der Waals surface area contributed by atoms with Gasteiger partial charge in [-0.1, -0.05) is 170 Å². The molecule has 5 heteroatoms. The minimum Gasteiger partial charge on any atom is -0.455 e. The lowest BCUT2D eigenvalue weighted by Gasteiger charge is -2.16. The molecule has 7 aromatic carbocycles. The third-order valence-corrected chi connectivity index (χ3v) is 10.5. The topological polar surface area (TPSA) is 87.7 Å². The third kappa shape index (κ3) is 7.21. The molecule has 1 atom stereocenters. The number of hydrogen-bond donors (Lipinski definition) is 1. The number of fused-ring (bicyclic) bond motifs is 3. The van der Waals surface area contributed by atoms with Crippen molar-refractivity contribution in [2.24, 2.45) is 15.7 Å². The lowest BCUT2D eigenvalue weighted by atomic mass is 9.86. The summed E-state index contributed by atoms with van der Waals surface area (Å²) in [5.41, 5.74) is 19.2. The zero-order valence-corrected chi connectivity index (χ0v) is 31.2. The average Bonchev–Trinajstić information content (AvgIpc) is 3.68. The number of rotatable bonds is 8. The second-order valence-corrected chi connectivity index (χ2v) is 14.2. The zero-order valence-electron chi connectivity index (χ0n) is 31.2. The first-order valence-electron chi connectivity index (χ1n) is 19.1. The molecule has 57 heavy (non-hydrogen) atoms. The van der Waals surface area contributed by atoms with E-state index in [1.165, 1.54) is 0 Å². The first kappa shape index (κ1) is 35.2. The van der Waals surface area contributed by atoms with E-state index in [2.05, 4.69) is 115 Å². The molecule has 5 nitrogen and oxygen atoms in total. The van der Waals surface area contributed by atoms with Crippen molar-refractivity contribution < 1.29 is 4.42 Å². The number of aliphatic imine (C=N–C) groups is 2. The highest BCUT2D eigenvalue weighted by atomic mass is 16.3. The SMILES string of the molecule is N#CC1=CC(c2ccc(-c3ccc(CN=C(N=C(N)c4ccccc4)c4ccccc4)cc3)c3c2oc2c(-c4ccccc4)cc(-c4ccccc4)cc23)CC=C1. The standard InChI is InChI=1S/C52H38N4O/c53-33-36-14-13-23-42(30-36)45-29-28-44(48-47-32-43(37-15-5-1-6-16-37)31-46(49(47)57-50(45)48)38-17-7-2-8-18-38)39-26-24-35(25-27-39)34-55-52(41-21-11-4-12-22-41)56-51(54)40-19-9-3-10-20-40/h1-22,24-32,42H,23,34H2,(H2,54,55,56). The molecular formula is C52H38N4O. The molecule has 0 amide bonds. The Hall–Kier alpha value is -7.55. The molecule has 2 N–H and O–H groups in total. The number of furan rings is 1. The largest absolute Gasteiger partial charge is 0.455 e. The van der Waals surface area contributed by atoms with E-state index < -0.39 is 0 Å². The molecule has 1 aliphatic carbocycles. The van der Waals surface area contributed by atoms with E-state index in [1.54, 1.807) is 0 Å². The van der Waals surface area contributed by atoms with Crippen LogP contribution >= 0.6 is 0 Å². The van der Waals surface area contributed by atoms with Gasteiger partial charge in [0.25, 0.3) is 0 Å². The maximum atomic E-state index is 9.80. The number of benzene rings is 7. The van der Waals surface area contributed by atoms with Gasteiger partial charge in [-0.2, -0.15) is 5.26 Å². The molecule has 1 aliphatic rings. The van der Waals surface area contributed by atoms with Crippen LogP contribution in [0.15, 0.2) is 208 Å². The van der Waals surface area contributed by atoms with E-state index in [0.717, 1.165) is 84.0 Å².